The highest BCUT2D eigenvalue weighted by Gasteiger charge is 2.39. The molecule has 1 fully saturated rings. The lowest BCUT2D eigenvalue weighted by molar-refractivity contribution is 0.129. The number of unbranched alkanes of at least 4 members (excludes halogenated alkanes) is 1. The standard InChI is InChI=1S/C18H32N4O2S/c1-4-5-14-25(23,24)21-11-8-18(9-12-21)7-6-16-19-20-17(15(2)3)22(16)13-10-18/h15H,4-14H2,1-3H3. The summed E-state index contributed by atoms with van der Waals surface area (Å²) in [7, 11) is -3.06. The van der Waals surface area contributed by atoms with Crippen molar-refractivity contribution < 1.29 is 8.42 Å². The molecule has 2 aliphatic rings. The topological polar surface area (TPSA) is 68.1 Å². The Bertz CT molecular complexity index is 688. The van der Waals surface area contributed by atoms with Gasteiger partial charge in [-0.3, -0.25) is 0 Å². The summed E-state index contributed by atoms with van der Waals surface area (Å²) in [5.74, 6) is 2.89. The first-order chi connectivity index (χ1) is 11.9. The molecule has 3 rings (SSSR count). The quantitative estimate of drug-likeness (QED) is 0.801. The highest BCUT2D eigenvalue weighted by atomic mass is 32.2. The maximum absolute atomic E-state index is 12.4. The van der Waals surface area contributed by atoms with Crippen LogP contribution in [0.5, 0.6) is 0 Å². The van der Waals surface area contributed by atoms with E-state index in [-0.39, 0.29) is 5.41 Å². The first kappa shape index (κ1) is 18.8. The van der Waals surface area contributed by atoms with Gasteiger partial charge in [0.2, 0.25) is 10.0 Å². The molecule has 0 aliphatic carbocycles. The maximum atomic E-state index is 12.4. The van der Waals surface area contributed by atoms with Crippen LogP contribution in [0.2, 0.25) is 0 Å². The van der Waals surface area contributed by atoms with Crippen molar-refractivity contribution in [1.29, 1.82) is 0 Å². The SMILES string of the molecule is CCCCS(=O)(=O)N1CCC2(CCc3nnc(C(C)C)n3CC2)CC1. The molecule has 0 aromatic carbocycles. The summed E-state index contributed by atoms with van der Waals surface area (Å²) in [5, 5.41) is 8.78. The fourth-order valence-corrected chi connectivity index (χ4v) is 5.90. The predicted molar refractivity (Wildman–Crippen MR) is 99.0 cm³/mol. The van der Waals surface area contributed by atoms with Gasteiger partial charge in [0.25, 0.3) is 0 Å². The van der Waals surface area contributed by atoms with Gasteiger partial charge in [-0.2, -0.15) is 0 Å². The van der Waals surface area contributed by atoms with Crippen molar-refractivity contribution >= 4 is 10.0 Å². The molecule has 1 saturated heterocycles. The Hall–Kier alpha value is -0.950. The number of piperidine rings is 1. The van der Waals surface area contributed by atoms with Crippen molar-refractivity contribution in [2.45, 2.75) is 78.2 Å². The Labute approximate surface area is 152 Å². The van der Waals surface area contributed by atoms with Gasteiger partial charge in [0.15, 0.2) is 0 Å². The molecule has 0 atom stereocenters. The van der Waals surface area contributed by atoms with Crippen LogP contribution in [0.15, 0.2) is 0 Å². The number of rotatable bonds is 5. The van der Waals surface area contributed by atoms with E-state index in [0.29, 0.717) is 24.8 Å². The molecule has 2 aliphatic heterocycles. The highest BCUT2D eigenvalue weighted by Crippen LogP contribution is 2.42. The molecule has 0 radical (unpaired) electrons. The molecule has 0 N–H and O–H groups in total. The molecule has 1 aromatic rings. The second-order valence-electron chi connectivity index (χ2n) is 8.10. The van der Waals surface area contributed by atoms with Crippen LogP contribution in [0.1, 0.15) is 76.9 Å². The lowest BCUT2D eigenvalue weighted by Gasteiger charge is -2.41. The normalized spacial score (nSPS) is 21.4. The molecular formula is C18H32N4O2S. The third-order valence-corrected chi connectivity index (χ3v) is 8.01. The number of nitrogens with zero attached hydrogens (tertiary/aromatic N) is 4. The van der Waals surface area contributed by atoms with Crippen LogP contribution in [0.4, 0.5) is 0 Å². The molecule has 0 amide bonds. The number of aryl methyl sites for hydroxylation is 1. The Kier molecular flexibility index (Phi) is 5.54. The van der Waals surface area contributed by atoms with Crippen LogP contribution < -0.4 is 0 Å². The summed E-state index contributed by atoms with van der Waals surface area (Å²) >= 11 is 0. The van der Waals surface area contributed by atoms with Crippen LogP contribution in [-0.2, 0) is 23.0 Å². The lowest BCUT2D eigenvalue weighted by Crippen LogP contribution is -2.44. The van der Waals surface area contributed by atoms with Crippen molar-refractivity contribution in [2.75, 3.05) is 18.8 Å². The molecule has 7 heteroatoms. The van der Waals surface area contributed by atoms with Crippen molar-refractivity contribution in [1.82, 2.24) is 19.1 Å². The lowest BCUT2D eigenvalue weighted by atomic mass is 9.73. The van der Waals surface area contributed by atoms with Crippen LogP contribution >= 0.6 is 0 Å². The first-order valence-electron chi connectivity index (χ1n) is 9.77. The van der Waals surface area contributed by atoms with E-state index in [1.54, 1.807) is 4.31 Å². The van der Waals surface area contributed by atoms with Crippen molar-refractivity contribution in [3.63, 3.8) is 0 Å². The Morgan fingerprint density at radius 3 is 2.40 bits per heavy atom. The summed E-state index contributed by atoms with van der Waals surface area (Å²) in [5.41, 5.74) is 0.270. The minimum absolute atomic E-state index is 0.270. The monoisotopic (exact) mass is 368 g/mol. The molecular weight excluding hydrogens is 336 g/mol. The number of sulfonamides is 1. The molecule has 0 unspecified atom stereocenters. The van der Waals surface area contributed by atoms with Crippen molar-refractivity contribution in [3.05, 3.63) is 11.6 Å². The number of aromatic nitrogens is 3. The molecule has 0 bridgehead atoms. The highest BCUT2D eigenvalue weighted by molar-refractivity contribution is 7.89. The molecule has 25 heavy (non-hydrogen) atoms. The van der Waals surface area contributed by atoms with Gasteiger partial charge in [-0.1, -0.05) is 27.2 Å². The molecule has 3 heterocycles. The zero-order valence-electron chi connectivity index (χ0n) is 15.9. The Morgan fingerprint density at radius 2 is 1.76 bits per heavy atom. The van der Waals surface area contributed by atoms with Gasteiger partial charge in [-0.15, -0.1) is 10.2 Å². The van der Waals surface area contributed by atoms with Gasteiger partial charge in [0.1, 0.15) is 11.6 Å². The number of hydrogen-bond donors (Lipinski definition) is 0. The minimum atomic E-state index is -3.06. The summed E-state index contributed by atoms with van der Waals surface area (Å²) in [4.78, 5) is 0. The zero-order chi connectivity index (χ0) is 18.1. The van der Waals surface area contributed by atoms with E-state index in [4.69, 9.17) is 0 Å². The van der Waals surface area contributed by atoms with Crippen molar-refractivity contribution in [3.8, 4) is 0 Å². The van der Waals surface area contributed by atoms with Gasteiger partial charge < -0.3 is 4.57 Å². The van der Waals surface area contributed by atoms with E-state index >= 15 is 0 Å². The van der Waals surface area contributed by atoms with E-state index in [1.807, 2.05) is 6.92 Å². The van der Waals surface area contributed by atoms with Gasteiger partial charge in [-0.25, -0.2) is 12.7 Å². The van der Waals surface area contributed by atoms with Gasteiger partial charge in [0.05, 0.1) is 5.75 Å². The average molecular weight is 369 g/mol. The predicted octanol–water partition coefficient (Wildman–Crippen LogP) is 2.95. The zero-order valence-corrected chi connectivity index (χ0v) is 16.7. The van der Waals surface area contributed by atoms with E-state index in [9.17, 15) is 8.42 Å². The molecule has 142 valence electrons. The fourth-order valence-electron chi connectivity index (χ4n) is 4.25. The van der Waals surface area contributed by atoms with Gasteiger partial charge in [-0.05, 0) is 37.5 Å². The number of hydrogen-bond acceptors (Lipinski definition) is 4. The van der Waals surface area contributed by atoms with Gasteiger partial charge >= 0.3 is 0 Å². The summed E-state index contributed by atoms with van der Waals surface area (Å²) in [6, 6.07) is 0. The third kappa shape index (κ3) is 3.92. The fraction of sp³-hybridized carbons (Fsp3) is 0.889. The van der Waals surface area contributed by atoms with E-state index in [1.165, 1.54) is 0 Å². The maximum Gasteiger partial charge on any atom is 0.214 e. The smallest absolute Gasteiger partial charge is 0.214 e. The van der Waals surface area contributed by atoms with Crippen LogP contribution in [0.25, 0.3) is 0 Å². The van der Waals surface area contributed by atoms with E-state index in [2.05, 4.69) is 28.6 Å². The molecule has 1 aromatic heterocycles. The molecule has 0 saturated carbocycles. The Balaban J connectivity index is 1.65. The molecule has 6 nitrogen and oxygen atoms in total. The Morgan fingerprint density at radius 1 is 1.08 bits per heavy atom. The van der Waals surface area contributed by atoms with Crippen LogP contribution in [0, 0.1) is 5.41 Å². The third-order valence-electron chi connectivity index (χ3n) is 6.05. The average Bonchev–Trinajstić information content (AvgIpc) is 2.93. The summed E-state index contributed by atoms with van der Waals surface area (Å²) in [6.45, 7) is 8.71. The van der Waals surface area contributed by atoms with Crippen LogP contribution in [-0.4, -0.2) is 46.3 Å². The minimum Gasteiger partial charge on any atom is -0.315 e. The second kappa shape index (κ2) is 7.35. The van der Waals surface area contributed by atoms with Crippen LogP contribution in [0.3, 0.4) is 0 Å². The van der Waals surface area contributed by atoms with E-state index < -0.39 is 10.0 Å². The van der Waals surface area contributed by atoms with E-state index in [0.717, 1.165) is 63.1 Å². The second-order valence-corrected chi connectivity index (χ2v) is 10.2. The number of fused-ring (bicyclic) bond motifs is 1. The largest absolute Gasteiger partial charge is 0.315 e. The molecule has 1 spiro atoms. The van der Waals surface area contributed by atoms with Gasteiger partial charge in [0, 0.05) is 32.0 Å². The summed E-state index contributed by atoms with van der Waals surface area (Å²) < 4.78 is 28.9. The first-order valence-corrected chi connectivity index (χ1v) is 11.4. The van der Waals surface area contributed by atoms with Crippen molar-refractivity contribution in [2.24, 2.45) is 5.41 Å². The summed E-state index contributed by atoms with van der Waals surface area (Å²) in [6.07, 6.45) is 6.82.